The molecule has 1 rings (SSSR count). The van der Waals surface area contributed by atoms with Crippen molar-refractivity contribution in [3.05, 3.63) is 0 Å². The molecule has 66 valence electrons. The average molecular weight is 157 g/mol. The molecule has 0 aromatic heterocycles. The maximum Gasteiger partial charge on any atom is 0.0660 e. The lowest BCUT2D eigenvalue weighted by Gasteiger charge is -2.21. The first kappa shape index (κ1) is 9.01. The summed E-state index contributed by atoms with van der Waals surface area (Å²) in [6.45, 7) is 7.18. The average Bonchev–Trinajstić information content (AvgIpc) is 2.08. The van der Waals surface area contributed by atoms with Gasteiger partial charge in [0.2, 0.25) is 0 Å². The van der Waals surface area contributed by atoms with Crippen molar-refractivity contribution in [3.8, 4) is 0 Å². The maximum absolute atomic E-state index is 9.82. The van der Waals surface area contributed by atoms with Gasteiger partial charge in [0.1, 0.15) is 0 Å². The van der Waals surface area contributed by atoms with E-state index in [1.807, 2.05) is 6.92 Å². The van der Waals surface area contributed by atoms with Crippen molar-refractivity contribution in [2.75, 3.05) is 6.54 Å². The van der Waals surface area contributed by atoms with E-state index in [2.05, 4.69) is 19.2 Å². The van der Waals surface area contributed by atoms with E-state index >= 15 is 0 Å². The van der Waals surface area contributed by atoms with Crippen LogP contribution in [0.3, 0.4) is 0 Å². The predicted molar refractivity (Wildman–Crippen MR) is 46.5 cm³/mol. The van der Waals surface area contributed by atoms with Gasteiger partial charge >= 0.3 is 0 Å². The Morgan fingerprint density at radius 1 is 1.64 bits per heavy atom. The Balaban J connectivity index is 2.43. The Labute approximate surface area is 69.0 Å². The molecule has 0 aromatic rings. The van der Waals surface area contributed by atoms with Gasteiger partial charge in [-0.05, 0) is 32.2 Å². The highest BCUT2D eigenvalue weighted by Crippen LogP contribution is 2.34. The van der Waals surface area contributed by atoms with Crippen LogP contribution in [-0.4, -0.2) is 23.3 Å². The molecule has 2 nitrogen and oxygen atoms in total. The van der Waals surface area contributed by atoms with Crippen LogP contribution in [0.2, 0.25) is 0 Å². The van der Waals surface area contributed by atoms with Crippen LogP contribution in [0.4, 0.5) is 0 Å². The Hall–Kier alpha value is -0.0800. The van der Waals surface area contributed by atoms with Gasteiger partial charge in [0.05, 0.1) is 5.60 Å². The highest BCUT2D eigenvalue weighted by atomic mass is 16.3. The van der Waals surface area contributed by atoms with Crippen LogP contribution < -0.4 is 5.32 Å². The van der Waals surface area contributed by atoms with Gasteiger partial charge in [-0.25, -0.2) is 0 Å². The number of hydrogen-bond acceptors (Lipinski definition) is 2. The molecule has 1 aliphatic carbocycles. The molecule has 0 bridgehead atoms. The Morgan fingerprint density at radius 2 is 2.27 bits per heavy atom. The fourth-order valence-corrected chi connectivity index (χ4v) is 1.91. The number of rotatable bonds is 2. The summed E-state index contributed by atoms with van der Waals surface area (Å²) in [5.41, 5.74) is -0.438. The third kappa shape index (κ3) is 1.94. The summed E-state index contributed by atoms with van der Waals surface area (Å²) in [7, 11) is 0. The summed E-state index contributed by atoms with van der Waals surface area (Å²) in [5, 5.41) is 13.2. The number of nitrogens with one attached hydrogen (secondary N) is 1. The monoisotopic (exact) mass is 157 g/mol. The molecule has 1 fully saturated rings. The van der Waals surface area contributed by atoms with Crippen molar-refractivity contribution in [1.29, 1.82) is 0 Å². The summed E-state index contributed by atoms with van der Waals surface area (Å²) in [6, 6.07) is 0.532. The molecule has 3 atom stereocenters. The highest BCUT2D eigenvalue weighted by molar-refractivity contribution is 4.93. The Kier molecular flexibility index (Phi) is 2.55. The molecule has 0 aliphatic heterocycles. The predicted octanol–water partition coefficient (Wildman–Crippen LogP) is 1.15. The lowest BCUT2D eigenvalue weighted by atomic mass is 9.95. The first-order valence-corrected chi connectivity index (χ1v) is 4.52. The van der Waals surface area contributed by atoms with Crippen LogP contribution in [0.15, 0.2) is 0 Å². The second-order valence-electron chi connectivity index (χ2n) is 3.95. The minimum atomic E-state index is -0.438. The molecular weight excluding hydrogens is 138 g/mol. The summed E-state index contributed by atoms with van der Waals surface area (Å²) in [4.78, 5) is 0. The quantitative estimate of drug-likeness (QED) is 0.630. The van der Waals surface area contributed by atoms with E-state index < -0.39 is 5.60 Å². The molecule has 0 spiro atoms. The third-order valence-electron chi connectivity index (χ3n) is 2.85. The van der Waals surface area contributed by atoms with Gasteiger partial charge in [-0.2, -0.15) is 0 Å². The topological polar surface area (TPSA) is 32.3 Å². The van der Waals surface area contributed by atoms with Gasteiger partial charge in [-0.15, -0.1) is 0 Å². The van der Waals surface area contributed by atoms with E-state index in [1.165, 1.54) is 0 Å². The van der Waals surface area contributed by atoms with Crippen LogP contribution in [0.25, 0.3) is 0 Å². The first-order chi connectivity index (χ1) is 5.06. The van der Waals surface area contributed by atoms with Crippen LogP contribution in [0.5, 0.6) is 0 Å². The molecule has 0 aromatic carbocycles. The number of aliphatic hydroxyl groups is 1. The van der Waals surface area contributed by atoms with Crippen LogP contribution in [-0.2, 0) is 0 Å². The lowest BCUT2D eigenvalue weighted by molar-refractivity contribution is 0.0272. The molecular formula is C9H19NO. The van der Waals surface area contributed by atoms with Crippen LogP contribution in [0.1, 0.15) is 33.6 Å². The fraction of sp³-hybridized carbons (Fsp3) is 1.00. The summed E-state index contributed by atoms with van der Waals surface area (Å²) >= 11 is 0. The van der Waals surface area contributed by atoms with E-state index in [4.69, 9.17) is 0 Å². The Bertz CT molecular complexity index is 134. The van der Waals surface area contributed by atoms with Gasteiger partial charge in [0.15, 0.2) is 0 Å². The molecule has 0 amide bonds. The van der Waals surface area contributed by atoms with Crippen molar-refractivity contribution in [2.24, 2.45) is 5.92 Å². The van der Waals surface area contributed by atoms with Gasteiger partial charge in [-0.3, -0.25) is 0 Å². The maximum atomic E-state index is 9.82. The van der Waals surface area contributed by atoms with E-state index in [1.54, 1.807) is 0 Å². The zero-order chi connectivity index (χ0) is 8.48. The van der Waals surface area contributed by atoms with E-state index in [9.17, 15) is 5.11 Å². The van der Waals surface area contributed by atoms with E-state index in [-0.39, 0.29) is 0 Å². The molecule has 3 unspecified atom stereocenters. The second kappa shape index (κ2) is 3.11. The molecule has 0 heterocycles. The normalized spacial score (nSPS) is 44.7. The summed E-state index contributed by atoms with van der Waals surface area (Å²) in [5.74, 6) is 0.437. The fourth-order valence-electron chi connectivity index (χ4n) is 1.91. The largest absolute Gasteiger partial charge is 0.390 e. The summed E-state index contributed by atoms with van der Waals surface area (Å²) < 4.78 is 0. The van der Waals surface area contributed by atoms with Gasteiger partial charge in [0, 0.05) is 6.04 Å². The van der Waals surface area contributed by atoms with Gasteiger partial charge in [-0.1, -0.05) is 13.8 Å². The highest BCUT2D eigenvalue weighted by Gasteiger charge is 2.38. The molecule has 0 saturated heterocycles. The van der Waals surface area contributed by atoms with E-state index in [0.717, 1.165) is 19.4 Å². The molecule has 11 heavy (non-hydrogen) atoms. The summed E-state index contributed by atoms with van der Waals surface area (Å²) in [6.07, 6.45) is 2.02. The van der Waals surface area contributed by atoms with Crippen molar-refractivity contribution >= 4 is 0 Å². The van der Waals surface area contributed by atoms with Crippen molar-refractivity contribution in [2.45, 2.75) is 45.3 Å². The SMILES string of the molecule is CCNC1CC(C)C(C)(O)C1. The molecule has 2 N–H and O–H groups in total. The van der Waals surface area contributed by atoms with E-state index in [0.29, 0.717) is 12.0 Å². The molecule has 0 radical (unpaired) electrons. The van der Waals surface area contributed by atoms with Crippen LogP contribution >= 0.6 is 0 Å². The molecule has 1 saturated carbocycles. The molecule has 1 aliphatic rings. The van der Waals surface area contributed by atoms with Crippen molar-refractivity contribution in [1.82, 2.24) is 5.32 Å². The Morgan fingerprint density at radius 3 is 2.64 bits per heavy atom. The van der Waals surface area contributed by atoms with Crippen molar-refractivity contribution < 1.29 is 5.11 Å². The zero-order valence-corrected chi connectivity index (χ0v) is 7.72. The molecule has 2 heteroatoms. The first-order valence-electron chi connectivity index (χ1n) is 4.52. The standard InChI is InChI=1S/C9H19NO/c1-4-10-8-5-7(2)9(3,11)6-8/h7-8,10-11H,4-6H2,1-3H3. The number of hydrogen-bond donors (Lipinski definition) is 2. The smallest absolute Gasteiger partial charge is 0.0660 e. The van der Waals surface area contributed by atoms with Crippen molar-refractivity contribution in [3.63, 3.8) is 0 Å². The van der Waals surface area contributed by atoms with Crippen LogP contribution in [0, 0.1) is 5.92 Å². The second-order valence-corrected chi connectivity index (χ2v) is 3.95. The zero-order valence-electron chi connectivity index (χ0n) is 7.72. The third-order valence-corrected chi connectivity index (χ3v) is 2.85. The minimum Gasteiger partial charge on any atom is -0.390 e. The van der Waals surface area contributed by atoms with Gasteiger partial charge < -0.3 is 10.4 Å². The minimum absolute atomic E-state index is 0.437. The van der Waals surface area contributed by atoms with Gasteiger partial charge in [0.25, 0.3) is 0 Å². The lowest BCUT2D eigenvalue weighted by Crippen LogP contribution is -2.30.